The van der Waals surface area contributed by atoms with E-state index in [-0.39, 0.29) is 11.6 Å². The minimum absolute atomic E-state index is 0.120. The highest BCUT2D eigenvalue weighted by atomic mass is 16.1. The summed E-state index contributed by atoms with van der Waals surface area (Å²) in [4.78, 5) is 29.8. The van der Waals surface area contributed by atoms with Crippen molar-refractivity contribution in [2.24, 2.45) is 7.05 Å². The van der Waals surface area contributed by atoms with Crippen LogP contribution >= 0.6 is 0 Å². The fourth-order valence-electron chi connectivity index (χ4n) is 3.63. The highest BCUT2D eigenvalue weighted by molar-refractivity contribution is 5.56. The van der Waals surface area contributed by atoms with Crippen LogP contribution in [0.4, 0.5) is 11.6 Å². The molecule has 2 aromatic heterocycles. The van der Waals surface area contributed by atoms with Crippen molar-refractivity contribution in [2.45, 2.75) is 13.0 Å². The summed E-state index contributed by atoms with van der Waals surface area (Å²) in [5.41, 5.74) is 2.80. The molecule has 1 saturated heterocycles. The van der Waals surface area contributed by atoms with Crippen LogP contribution in [-0.2, 0) is 7.05 Å². The molecule has 1 aromatic carbocycles. The average molecular weight is 387 g/mol. The van der Waals surface area contributed by atoms with E-state index in [1.54, 1.807) is 23.9 Å². The Balaban J connectivity index is 1.59. The number of hydrogen-bond donors (Lipinski definition) is 0. The van der Waals surface area contributed by atoms with Crippen molar-refractivity contribution in [3.8, 4) is 17.5 Å². The second kappa shape index (κ2) is 7.72. The SMILES string of the molecule is C[C@H]1CN(c2nc(-c3ccncn3)cc(=O)n2C)CCN1c1ccc(C#N)cc1. The number of anilines is 2. The average Bonchev–Trinajstić information content (AvgIpc) is 2.76. The van der Waals surface area contributed by atoms with Crippen molar-refractivity contribution in [1.82, 2.24) is 19.5 Å². The third-order valence-electron chi connectivity index (χ3n) is 5.19. The van der Waals surface area contributed by atoms with Crippen molar-refractivity contribution >= 4 is 11.6 Å². The van der Waals surface area contributed by atoms with Gasteiger partial charge in [-0.25, -0.2) is 15.0 Å². The Morgan fingerprint density at radius 1 is 1.14 bits per heavy atom. The van der Waals surface area contributed by atoms with Gasteiger partial charge in [0.1, 0.15) is 6.33 Å². The zero-order valence-corrected chi connectivity index (χ0v) is 16.4. The first-order chi connectivity index (χ1) is 14.1. The quantitative estimate of drug-likeness (QED) is 0.677. The van der Waals surface area contributed by atoms with E-state index in [1.165, 1.54) is 12.4 Å². The Morgan fingerprint density at radius 3 is 2.59 bits per heavy atom. The molecule has 0 bridgehead atoms. The molecule has 0 radical (unpaired) electrons. The lowest BCUT2D eigenvalue weighted by Crippen LogP contribution is -2.53. The van der Waals surface area contributed by atoms with Crippen LogP contribution in [0, 0.1) is 11.3 Å². The molecule has 8 nitrogen and oxygen atoms in total. The summed E-state index contributed by atoms with van der Waals surface area (Å²) < 4.78 is 1.58. The van der Waals surface area contributed by atoms with Gasteiger partial charge in [0.05, 0.1) is 23.0 Å². The highest BCUT2D eigenvalue weighted by Crippen LogP contribution is 2.24. The molecule has 0 aliphatic carbocycles. The van der Waals surface area contributed by atoms with Gasteiger partial charge in [0.2, 0.25) is 5.95 Å². The molecule has 0 saturated carbocycles. The lowest BCUT2D eigenvalue weighted by atomic mass is 10.1. The van der Waals surface area contributed by atoms with Gasteiger partial charge in [0.15, 0.2) is 0 Å². The summed E-state index contributed by atoms with van der Waals surface area (Å²) in [6.45, 7) is 4.41. The van der Waals surface area contributed by atoms with Gasteiger partial charge in [-0.05, 0) is 37.3 Å². The van der Waals surface area contributed by atoms with E-state index in [9.17, 15) is 4.79 Å². The minimum Gasteiger partial charge on any atom is -0.365 e. The number of piperazine rings is 1. The van der Waals surface area contributed by atoms with Gasteiger partial charge in [0.25, 0.3) is 5.56 Å². The molecule has 146 valence electrons. The fraction of sp³-hybridized carbons (Fsp3) is 0.286. The molecule has 29 heavy (non-hydrogen) atoms. The lowest BCUT2D eigenvalue weighted by molar-refractivity contribution is 0.535. The van der Waals surface area contributed by atoms with Crippen LogP contribution in [0.1, 0.15) is 12.5 Å². The Morgan fingerprint density at radius 2 is 1.93 bits per heavy atom. The fourth-order valence-corrected chi connectivity index (χ4v) is 3.63. The maximum absolute atomic E-state index is 12.5. The first-order valence-corrected chi connectivity index (χ1v) is 9.43. The van der Waals surface area contributed by atoms with Gasteiger partial charge >= 0.3 is 0 Å². The molecule has 0 unspecified atom stereocenters. The number of nitriles is 1. The van der Waals surface area contributed by atoms with Crippen molar-refractivity contribution in [3.63, 3.8) is 0 Å². The van der Waals surface area contributed by atoms with E-state index in [2.05, 4.69) is 32.8 Å². The highest BCUT2D eigenvalue weighted by Gasteiger charge is 2.26. The smallest absolute Gasteiger partial charge is 0.255 e. The summed E-state index contributed by atoms with van der Waals surface area (Å²) in [6.07, 6.45) is 3.09. The largest absolute Gasteiger partial charge is 0.365 e. The van der Waals surface area contributed by atoms with Crippen LogP contribution in [0.5, 0.6) is 0 Å². The number of rotatable bonds is 3. The van der Waals surface area contributed by atoms with Gasteiger partial charge in [-0.15, -0.1) is 0 Å². The molecule has 1 fully saturated rings. The summed E-state index contributed by atoms with van der Waals surface area (Å²) in [5.74, 6) is 0.637. The van der Waals surface area contributed by atoms with E-state index < -0.39 is 0 Å². The predicted molar refractivity (Wildman–Crippen MR) is 111 cm³/mol. The first kappa shape index (κ1) is 18.6. The third-order valence-corrected chi connectivity index (χ3v) is 5.19. The second-order valence-corrected chi connectivity index (χ2v) is 7.08. The molecular weight excluding hydrogens is 366 g/mol. The Labute approximate surface area is 168 Å². The van der Waals surface area contributed by atoms with Gasteiger partial charge < -0.3 is 9.80 Å². The Kier molecular flexibility index (Phi) is 4.96. The molecule has 1 atom stereocenters. The van der Waals surface area contributed by atoms with Gasteiger partial charge in [-0.3, -0.25) is 9.36 Å². The third kappa shape index (κ3) is 3.67. The van der Waals surface area contributed by atoms with Gasteiger partial charge in [0, 0.05) is 50.7 Å². The van der Waals surface area contributed by atoms with Crippen molar-refractivity contribution in [3.05, 3.63) is 64.8 Å². The van der Waals surface area contributed by atoms with Crippen LogP contribution < -0.4 is 15.4 Å². The molecule has 3 heterocycles. The zero-order valence-electron chi connectivity index (χ0n) is 16.4. The molecular formula is C21H21N7O. The van der Waals surface area contributed by atoms with E-state index in [4.69, 9.17) is 10.2 Å². The van der Waals surface area contributed by atoms with E-state index in [0.29, 0.717) is 22.9 Å². The molecule has 0 amide bonds. The van der Waals surface area contributed by atoms with Gasteiger partial charge in [-0.1, -0.05) is 0 Å². The van der Waals surface area contributed by atoms with Crippen LogP contribution in [0.25, 0.3) is 11.4 Å². The molecule has 1 aliphatic heterocycles. The number of benzene rings is 1. The number of aromatic nitrogens is 4. The van der Waals surface area contributed by atoms with E-state index >= 15 is 0 Å². The molecule has 0 N–H and O–H groups in total. The molecule has 1 aliphatic rings. The van der Waals surface area contributed by atoms with Crippen molar-refractivity contribution in [1.29, 1.82) is 5.26 Å². The lowest BCUT2D eigenvalue weighted by Gasteiger charge is -2.42. The Bertz CT molecular complexity index is 1100. The maximum atomic E-state index is 12.5. The molecule has 0 spiro atoms. The van der Waals surface area contributed by atoms with Crippen LogP contribution in [0.15, 0.2) is 53.7 Å². The van der Waals surface area contributed by atoms with E-state index in [0.717, 1.165) is 25.3 Å². The van der Waals surface area contributed by atoms with Gasteiger partial charge in [-0.2, -0.15) is 5.26 Å². The standard InChI is InChI=1S/C21H21N7O/c1-15-13-27(9-10-28(15)17-5-3-16(12-22)4-6-17)21-25-19(11-20(29)26(21)2)18-7-8-23-14-24-18/h3-8,11,14-15H,9-10,13H2,1-2H3/t15-/m0/s1. The summed E-state index contributed by atoms with van der Waals surface area (Å²) >= 11 is 0. The topological polar surface area (TPSA) is 90.9 Å². The maximum Gasteiger partial charge on any atom is 0.255 e. The Hall–Kier alpha value is -3.73. The van der Waals surface area contributed by atoms with E-state index in [1.807, 2.05) is 24.3 Å². The van der Waals surface area contributed by atoms with Crippen LogP contribution in [-0.4, -0.2) is 45.2 Å². The molecule has 4 rings (SSSR count). The monoisotopic (exact) mass is 387 g/mol. The van der Waals surface area contributed by atoms with Crippen molar-refractivity contribution in [2.75, 3.05) is 29.4 Å². The number of nitrogens with zero attached hydrogens (tertiary/aromatic N) is 7. The summed E-state index contributed by atoms with van der Waals surface area (Å²) in [5, 5.41) is 8.99. The normalized spacial score (nSPS) is 16.5. The van der Waals surface area contributed by atoms with Crippen molar-refractivity contribution < 1.29 is 0 Å². The second-order valence-electron chi connectivity index (χ2n) is 7.08. The molecule has 8 heteroatoms. The predicted octanol–water partition coefficient (Wildman–Crippen LogP) is 1.82. The zero-order chi connectivity index (χ0) is 20.4. The van der Waals surface area contributed by atoms with Crippen LogP contribution in [0.2, 0.25) is 0 Å². The number of hydrogen-bond acceptors (Lipinski definition) is 7. The first-order valence-electron chi connectivity index (χ1n) is 9.43. The summed E-state index contributed by atoms with van der Waals surface area (Å²) in [6, 6.07) is 13.3. The van der Waals surface area contributed by atoms with Crippen LogP contribution in [0.3, 0.4) is 0 Å². The minimum atomic E-state index is -0.120. The molecule has 3 aromatic rings. The summed E-state index contributed by atoms with van der Waals surface area (Å²) in [7, 11) is 1.74.